The fraction of sp³-hybridized carbons (Fsp3) is 0.500. The minimum atomic E-state index is -0.282. The summed E-state index contributed by atoms with van der Waals surface area (Å²) in [6, 6.07) is 5.48. The predicted molar refractivity (Wildman–Crippen MR) is 67.2 cm³/mol. The van der Waals surface area contributed by atoms with E-state index in [9.17, 15) is 9.90 Å². The molecule has 2 unspecified atom stereocenters. The second-order valence-electron chi connectivity index (χ2n) is 5.27. The minimum absolute atomic E-state index is 0.0797. The van der Waals surface area contributed by atoms with Crippen LogP contribution in [0.3, 0.4) is 0 Å². The monoisotopic (exact) mass is 257 g/mol. The summed E-state index contributed by atoms with van der Waals surface area (Å²) in [5, 5.41) is 18.5. The lowest BCUT2D eigenvalue weighted by Crippen LogP contribution is -2.48. The SMILES string of the molecule is N#Cc1ccc(C(=O)N2C3CCC2CC(O)C3)nc1. The Morgan fingerprint density at radius 3 is 2.58 bits per heavy atom. The number of nitrogens with zero attached hydrogens (tertiary/aromatic N) is 3. The summed E-state index contributed by atoms with van der Waals surface area (Å²) in [5.74, 6) is -0.0797. The molecule has 0 aliphatic carbocycles. The Morgan fingerprint density at radius 2 is 2.05 bits per heavy atom. The molecule has 0 saturated carbocycles. The molecule has 19 heavy (non-hydrogen) atoms. The molecule has 2 aliphatic heterocycles. The maximum Gasteiger partial charge on any atom is 0.272 e. The molecule has 5 heteroatoms. The van der Waals surface area contributed by atoms with Crippen molar-refractivity contribution in [3.05, 3.63) is 29.6 Å². The van der Waals surface area contributed by atoms with Gasteiger partial charge < -0.3 is 10.0 Å². The van der Waals surface area contributed by atoms with Crippen molar-refractivity contribution in [3.8, 4) is 6.07 Å². The van der Waals surface area contributed by atoms with Crippen LogP contribution in [0, 0.1) is 11.3 Å². The molecule has 0 aromatic carbocycles. The molecule has 1 aromatic rings. The average Bonchev–Trinajstić information content (AvgIpc) is 2.70. The predicted octanol–water partition coefficient (Wildman–Crippen LogP) is 1.08. The van der Waals surface area contributed by atoms with Crippen molar-refractivity contribution >= 4 is 5.91 Å². The van der Waals surface area contributed by atoms with Crippen molar-refractivity contribution in [2.75, 3.05) is 0 Å². The van der Waals surface area contributed by atoms with Crippen LogP contribution in [0.4, 0.5) is 0 Å². The number of hydrogen-bond acceptors (Lipinski definition) is 4. The number of amides is 1. The highest BCUT2D eigenvalue weighted by atomic mass is 16.3. The lowest BCUT2D eigenvalue weighted by atomic mass is 9.99. The Balaban J connectivity index is 1.82. The first-order chi connectivity index (χ1) is 9.19. The number of aliphatic hydroxyl groups is 1. The van der Waals surface area contributed by atoms with E-state index in [0.717, 1.165) is 12.8 Å². The third-order valence-corrected chi connectivity index (χ3v) is 4.05. The normalized spacial score (nSPS) is 29.1. The molecule has 1 amide bonds. The van der Waals surface area contributed by atoms with Gasteiger partial charge in [-0.05, 0) is 37.8 Å². The van der Waals surface area contributed by atoms with Crippen molar-refractivity contribution in [1.29, 1.82) is 5.26 Å². The van der Waals surface area contributed by atoms with Crippen molar-refractivity contribution in [2.24, 2.45) is 0 Å². The number of aliphatic hydroxyl groups excluding tert-OH is 1. The number of carbonyl (C=O) groups is 1. The van der Waals surface area contributed by atoms with E-state index in [0.29, 0.717) is 24.1 Å². The fourth-order valence-electron chi connectivity index (χ4n) is 3.20. The molecule has 5 nitrogen and oxygen atoms in total. The molecule has 2 atom stereocenters. The first kappa shape index (κ1) is 12.1. The molecule has 2 bridgehead atoms. The molecular weight excluding hydrogens is 242 g/mol. The van der Waals surface area contributed by atoms with Gasteiger partial charge in [-0.1, -0.05) is 0 Å². The van der Waals surface area contributed by atoms with Crippen LogP contribution >= 0.6 is 0 Å². The van der Waals surface area contributed by atoms with Crippen LogP contribution in [0.1, 0.15) is 41.7 Å². The van der Waals surface area contributed by atoms with Gasteiger partial charge in [0.25, 0.3) is 5.91 Å². The summed E-state index contributed by atoms with van der Waals surface area (Å²) < 4.78 is 0. The third kappa shape index (κ3) is 2.08. The number of piperidine rings is 1. The summed E-state index contributed by atoms with van der Waals surface area (Å²) in [4.78, 5) is 18.4. The molecular formula is C14H15N3O2. The second kappa shape index (κ2) is 4.63. The highest BCUT2D eigenvalue weighted by molar-refractivity contribution is 5.93. The van der Waals surface area contributed by atoms with Crippen LogP contribution < -0.4 is 0 Å². The molecule has 0 radical (unpaired) electrons. The molecule has 0 spiro atoms. The van der Waals surface area contributed by atoms with Gasteiger partial charge in [0.05, 0.1) is 11.7 Å². The summed E-state index contributed by atoms with van der Waals surface area (Å²) >= 11 is 0. The van der Waals surface area contributed by atoms with Crippen molar-refractivity contribution in [2.45, 2.75) is 43.9 Å². The summed E-state index contributed by atoms with van der Waals surface area (Å²) in [6.07, 6.45) is 4.40. The van der Waals surface area contributed by atoms with Crippen LogP contribution in [-0.2, 0) is 0 Å². The molecule has 2 fully saturated rings. The third-order valence-electron chi connectivity index (χ3n) is 4.05. The fourth-order valence-corrected chi connectivity index (χ4v) is 3.20. The Labute approximate surface area is 111 Å². The number of pyridine rings is 1. The van der Waals surface area contributed by atoms with E-state index in [2.05, 4.69) is 4.98 Å². The van der Waals surface area contributed by atoms with E-state index < -0.39 is 0 Å². The van der Waals surface area contributed by atoms with Gasteiger partial charge in [-0.15, -0.1) is 0 Å². The quantitative estimate of drug-likeness (QED) is 0.816. The van der Waals surface area contributed by atoms with E-state index in [4.69, 9.17) is 5.26 Å². The Morgan fingerprint density at radius 1 is 1.37 bits per heavy atom. The zero-order valence-corrected chi connectivity index (χ0v) is 10.5. The van der Waals surface area contributed by atoms with Gasteiger partial charge in [-0.25, -0.2) is 4.98 Å². The van der Waals surface area contributed by atoms with Crippen LogP contribution in [0.5, 0.6) is 0 Å². The molecule has 3 rings (SSSR count). The van der Waals surface area contributed by atoms with Gasteiger partial charge in [-0.2, -0.15) is 5.26 Å². The van der Waals surface area contributed by atoms with E-state index in [1.807, 2.05) is 11.0 Å². The summed E-state index contributed by atoms with van der Waals surface area (Å²) in [5.41, 5.74) is 0.834. The maximum absolute atomic E-state index is 12.5. The zero-order valence-electron chi connectivity index (χ0n) is 10.5. The Kier molecular flexibility index (Phi) is 2.96. The number of hydrogen-bond donors (Lipinski definition) is 1. The molecule has 2 aliphatic rings. The zero-order chi connectivity index (χ0) is 13.4. The summed E-state index contributed by atoms with van der Waals surface area (Å²) in [7, 11) is 0. The van der Waals surface area contributed by atoms with E-state index in [1.165, 1.54) is 6.20 Å². The van der Waals surface area contributed by atoms with Gasteiger partial charge >= 0.3 is 0 Å². The highest BCUT2D eigenvalue weighted by Crippen LogP contribution is 2.36. The van der Waals surface area contributed by atoms with Crippen molar-refractivity contribution in [3.63, 3.8) is 0 Å². The first-order valence-corrected chi connectivity index (χ1v) is 6.56. The van der Waals surface area contributed by atoms with E-state index in [1.54, 1.807) is 12.1 Å². The number of rotatable bonds is 1. The number of nitriles is 1. The van der Waals surface area contributed by atoms with Gasteiger partial charge in [0.2, 0.25) is 0 Å². The lowest BCUT2D eigenvalue weighted by Gasteiger charge is -2.36. The lowest BCUT2D eigenvalue weighted by molar-refractivity contribution is 0.0282. The molecule has 98 valence electrons. The van der Waals surface area contributed by atoms with Gasteiger partial charge in [0.15, 0.2) is 0 Å². The van der Waals surface area contributed by atoms with E-state index >= 15 is 0 Å². The topological polar surface area (TPSA) is 77.2 Å². The van der Waals surface area contributed by atoms with Crippen LogP contribution in [0.15, 0.2) is 18.3 Å². The average molecular weight is 257 g/mol. The first-order valence-electron chi connectivity index (χ1n) is 6.56. The Hall–Kier alpha value is -1.93. The highest BCUT2D eigenvalue weighted by Gasteiger charge is 2.43. The van der Waals surface area contributed by atoms with Gasteiger partial charge in [0, 0.05) is 18.3 Å². The summed E-state index contributed by atoms with van der Waals surface area (Å²) in [6.45, 7) is 0. The largest absolute Gasteiger partial charge is 0.393 e. The number of fused-ring (bicyclic) bond motifs is 2. The van der Waals surface area contributed by atoms with Gasteiger partial charge in [-0.3, -0.25) is 4.79 Å². The van der Waals surface area contributed by atoms with Crippen molar-refractivity contribution < 1.29 is 9.90 Å². The standard InChI is InChI=1S/C14H15N3O2/c15-7-9-1-4-13(16-8-9)14(19)17-10-2-3-11(17)6-12(18)5-10/h1,4,8,10-12,18H,2-3,5-6H2. The Bertz CT molecular complexity index is 521. The number of carbonyl (C=O) groups excluding carboxylic acids is 1. The van der Waals surface area contributed by atoms with Crippen LogP contribution in [-0.4, -0.2) is 39.1 Å². The minimum Gasteiger partial charge on any atom is -0.393 e. The van der Waals surface area contributed by atoms with E-state index in [-0.39, 0.29) is 24.1 Å². The molecule has 1 N–H and O–H groups in total. The smallest absolute Gasteiger partial charge is 0.272 e. The molecule has 2 saturated heterocycles. The van der Waals surface area contributed by atoms with Crippen LogP contribution in [0.25, 0.3) is 0 Å². The molecule has 1 aromatic heterocycles. The molecule has 3 heterocycles. The second-order valence-corrected chi connectivity index (χ2v) is 5.27. The van der Waals surface area contributed by atoms with Gasteiger partial charge in [0.1, 0.15) is 11.8 Å². The maximum atomic E-state index is 12.5. The van der Waals surface area contributed by atoms with Crippen molar-refractivity contribution in [1.82, 2.24) is 9.88 Å². The van der Waals surface area contributed by atoms with Crippen LogP contribution in [0.2, 0.25) is 0 Å². The number of aromatic nitrogens is 1.